The summed E-state index contributed by atoms with van der Waals surface area (Å²) in [6.45, 7) is 4.64. The Kier molecular flexibility index (Phi) is 4.65. The molecular weight excluding hydrogens is 270 g/mol. The second-order valence-electron chi connectivity index (χ2n) is 6.09. The Morgan fingerprint density at radius 1 is 1.48 bits per heavy atom. The molecule has 1 aromatic heterocycles. The van der Waals surface area contributed by atoms with Gasteiger partial charge in [-0.15, -0.1) is 0 Å². The highest BCUT2D eigenvalue weighted by molar-refractivity contribution is 5.80. The van der Waals surface area contributed by atoms with E-state index in [-0.39, 0.29) is 11.9 Å². The molecule has 2 unspecified atom stereocenters. The van der Waals surface area contributed by atoms with Gasteiger partial charge in [0.2, 0.25) is 5.91 Å². The molecule has 6 heteroatoms. The summed E-state index contributed by atoms with van der Waals surface area (Å²) in [6.07, 6.45) is 8.15. The lowest BCUT2D eigenvalue weighted by Gasteiger charge is -2.23. The zero-order valence-corrected chi connectivity index (χ0v) is 12.7. The summed E-state index contributed by atoms with van der Waals surface area (Å²) in [7, 11) is 0. The molecule has 0 saturated carbocycles. The Bertz CT molecular complexity index is 500. The van der Waals surface area contributed by atoms with E-state index in [1.807, 2.05) is 10.8 Å². The fourth-order valence-corrected chi connectivity index (χ4v) is 2.85. The SMILES string of the molecule is CCCC(CC(=O)N1CCC(C)(C(=O)O)C1)n1ccnc1. The highest BCUT2D eigenvalue weighted by atomic mass is 16.4. The summed E-state index contributed by atoms with van der Waals surface area (Å²) >= 11 is 0. The number of amides is 1. The van der Waals surface area contributed by atoms with E-state index >= 15 is 0 Å². The monoisotopic (exact) mass is 293 g/mol. The number of aliphatic carboxylic acids is 1. The number of hydrogen-bond donors (Lipinski definition) is 1. The number of carboxylic acids is 1. The quantitative estimate of drug-likeness (QED) is 0.869. The molecule has 0 bridgehead atoms. The molecule has 1 aliphatic heterocycles. The molecule has 1 saturated heterocycles. The number of nitrogens with zero attached hydrogens (tertiary/aromatic N) is 3. The number of carbonyl (C=O) groups excluding carboxylic acids is 1. The average molecular weight is 293 g/mol. The topological polar surface area (TPSA) is 75.4 Å². The molecule has 0 spiro atoms. The van der Waals surface area contributed by atoms with Crippen molar-refractivity contribution >= 4 is 11.9 Å². The molecule has 2 rings (SSSR count). The summed E-state index contributed by atoms with van der Waals surface area (Å²) in [5.74, 6) is -0.787. The molecule has 0 radical (unpaired) electrons. The molecule has 6 nitrogen and oxygen atoms in total. The number of carbonyl (C=O) groups is 2. The molecule has 2 atom stereocenters. The van der Waals surface area contributed by atoms with Gasteiger partial charge >= 0.3 is 5.97 Å². The van der Waals surface area contributed by atoms with Gasteiger partial charge in [-0.05, 0) is 19.8 Å². The van der Waals surface area contributed by atoms with Crippen LogP contribution in [-0.2, 0) is 9.59 Å². The maximum Gasteiger partial charge on any atom is 0.311 e. The van der Waals surface area contributed by atoms with E-state index in [4.69, 9.17) is 0 Å². The van der Waals surface area contributed by atoms with E-state index in [2.05, 4.69) is 11.9 Å². The van der Waals surface area contributed by atoms with Crippen molar-refractivity contribution in [2.45, 2.75) is 45.6 Å². The molecule has 1 N–H and O–H groups in total. The number of aromatic nitrogens is 2. The van der Waals surface area contributed by atoms with Crippen molar-refractivity contribution in [2.24, 2.45) is 5.41 Å². The third kappa shape index (κ3) is 3.43. The lowest BCUT2D eigenvalue weighted by atomic mass is 9.90. The van der Waals surface area contributed by atoms with E-state index in [0.717, 1.165) is 12.8 Å². The number of imidazole rings is 1. The van der Waals surface area contributed by atoms with Gasteiger partial charge in [-0.3, -0.25) is 9.59 Å². The molecule has 0 aromatic carbocycles. The van der Waals surface area contributed by atoms with Gasteiger partial charge in [0.15, 0.2) is 0 Å². The molecule has 1 fully saturated rings. The maximum absolute atomic E-state index is 12.4. The van der Waals surface area contributed by atoms with Crippen LogP contribution in [0.2, 0.25) is 0 Å². The second-order valence-corrected chi connectivity index (χ2v) is 6.09. The summed E-state index contributed by atoms with van der Waals surface area (Å²) in [5, 5.41) is 9.24. The van der Waals surface area contributed by atoms with Gasteiger partial charge in [0, 0.05) is 37.9 Å². The Labute approximate surface area is 124 Å². The van der Waals surface area contributed by atoms with Crippen LogP contribution < -0.4 is 0 Å². The standard InChI is InChI=1S/C15H23N3O3/c1-3-4-12(18-8-6-16-11-18)9-13(19)17-7-5-15(2,10-17)14(20)21/h6,8,11-12H,3-5,7,9-10H2,1-2H3,(H,20,21). The Hall–Kier alpha value is -1.85. The fraction of sp³-hybridized carbons (Fsp3) is 0.667. The van der Waals surface area contributed by atoms with E-state index in [1.54, 1.807) is 24.3 Å². The predicted octanol–water partition coefficient (Wildman–Crippen LogP) is 1.94. The lowest BCUT2D eigenvalue weighted by molar-refractivity contribution is -0.147. The first-order chi connectivity index (χ1) is 9.96. The van der Waals surface area contributed by atoms with Crippen molar-refractivity contribution in [1.29, 1.82) is 0 Å². The van der Waals surface area contributed by atoms with Gasteiger partial charge in [0.1, 0.15) is 0 Å². The van der Waals surface area contributed by atoms with E-state index in [1.165, 1.54) is 0 Å². The van der Waals surface area contributed by atoms with Crippen molar-refractivity contribution in [3.8, 4) is 0 Å². The minimum Gasteiger partial charge on any atom is -0.481 e. The highest BCUT2D eigenvalue weighted by Gasteiger charge is 2.42. The predicted molar refractivity (Wildman–Crippen MR) is 77.7 cm³/mol. The van der Waals surface area contributed by atoms with Crippen LogP contribution in [0.1, 0.15) is 45.6 Å². The van der Waals surface area contributed by atoms with E-state index in [0.29, 0.717) is 25.9 Å². The highest BCUT2D eigenvalue weighted by Crippen LogP contribution is 2.31. The fourth-order valence-electron chi connectivity index (χ4n) is 2.85. The first-order valence-corrected chi connectivity index (χ1v) is 7.45. The van der Waals surface area contributed by atoms with Crippen LogP contribution in [-0.4, -0.2) is 44.5 Å². The van der Waals surface area contributed by atoms with E-state index in [9.17, 15) is 14.7 Å². The molecule has 116 valence electrons. The zero-order chi connectivity index (χ0) is 15.5. The number of rotatable bonds is 6. The molecule has 1 aromatic rings. The van der Waals surface area contributed by atoms with Gasteiger partial charge in [0.25, 0.3) is 0 Å². The molecule has 1 aliphatic rings. The van der Waals surface area contributed by atoms with Crippen LogP contribution in [0.25, 0.3) is 0 Å². The molecule has 21 heavy (non-hydrogen) atoms. The molecule has 1 amide bonds. The van der Waals surface area contributed by atoms with E-state index < -0.39 is 11.4 Å². The largest absolute Gasteiger partial charge is 0.481 e. The number of likely N-dealkylation sites (tertiary alicyclic amines) is 1. The lowest BCUT2D eigenvalue weighted by Crippen LogP contribution is -2.35. The summed E-state index contributed by atoms with van der Waals surface area (Å²) < 4.78 is 1.97. The molecule has 0 aliphatic carbocycles. The van der Waals surface area contributed by atoms with Crippen LogP contribution in [0.4, 0.5) is 0 Å². The second kappa shape index (κ2) is 6.28. The van der Waals surface area contributed by atoms with Crippen LogP contribution in [0, 0.1) is 5.41 Å². The third-order valence-corrected chi connectivity index (χ3v) is 4.32. The normalized spacial score (nSPS) is 23.2. The van der Waals surface area contributed by atoms with Gasteiger partial charge in [-0.25, -0.2) is 4.98 Å². The Morgan fingerprint density at radius 2 is 2.24 bits per heavy atom. The van der Waals surface area contributed by atoms with Crippen molar-refractivity contribution in [2.75, 3.05) is 13.1 Å². The average Bonchev–Trinajstić information content (AvgIpc) is 3.08. The van der Waals surface area contributed by atoms with Gasteiger partial charge in [0.05, 0.1) is 11.7 Å². The Morgan fingerprint density at radius 3 is 2.76 bits per heavy atom. The number of carboxylic acid groups (broad SMARTS) is 1. The third-order valence-electron chi connectivity index (χ3n) is 4.32. The molecule has 2 heterocycles. The minimum atomic E-state index is -0.822. The van der Waals surface area contributed by atoms with Crippen LogP contribution in [0.3, 0.4) is 0 Å². The molecular formula is C15H23N3O3. The number of hydrogen-bond acceptors (Lipinski definition) is 3. The summed E-state index contributed by atoms with van der Waals surface area (Å²) in [6, 6.07) is 0.0988. The Balaban J connectivity index is 1.99. The van der Waals surface area contributed by atoms with Gasteiger partial charge in [-0.2, -0.15) is 0 Å². The first-order valence-electron chi connectivity index (χ1n) is 7.45. The van der Waals surface area contributed by atoms with Crippen LogP contribution >= 0.6 is 0 Å². The van der Waals surface area contributed by atoms with Crippen LogP contribution in [0.15, 0.2) is 18.7 Å². The van der Waals surface area contributed by atoms with Crippen LogP contribution in [0.5, 0.6) is 0 Å². The van der Waals surface area contributed by atoms with Gasteiger partial charge in [-0.1, -0.05) is 13.3 Å². The van der Waals surface area contributed by atoms with Crippen molar-refractivity contribution in [1.82, 2.24) is 14.5 Å². The van der Waals surface area contributed by atoms with Crippen molar-refractivity contribution in [3.05, 3.63) is 18.7 Å². The van der Waals surface area contributed by atoms with Gasteiger partial charge < -0.3 is 14.6 Å². The summed E-state index contributed by atoms with van der Waals surface area (Å²) in [4.78, 5) is 29.4. The zero-order valence-electron chi connectivity index (χ0n) is 12.7. The maximum atomic E-state index is 12.4. The minimum absolute atomic E-state index is 0.0344. The van der Waals surface area contributed by atoms with Crippen molar-refractivity contribution < 1.29 is 14.7 Å². The first kappa shape index (κ1) is 15.5. The smallest absolute Gasteiger partial charge is 0.311 e. The summed E-state index contributed by atoms with van der Waals surface area (Å²) in [5.41, 5.74) is -0.801. The van der Waals surface area contributed by atoms with Crippen molar-refractivity contribution in [3.63, 3.8) is 0 Å².